The van der Waals surface area contributed by atoms with Crippen molar-refractivity contribution in [3.8, 4) is 0 Å². The summed E-state index contributed by atoms with van der Waals surface area (Å²) < 4.78 is 52.2. The van der Waals surface area contributed by atoms with Crippen LogP contribution < -0.4 is 10.6 Å². The number of alkyl halides is 4. The number of benzene rings is 2. The van der Waals surface area contributed by atoms with Crippen LogP contribution in [0.3, 0.4) is 0 Å². The van der Waals surface area contributed by atoms with Gasteiger partial charge in [-0.2, -0.15) is 13.2 Å². The third-order valence-corrected chi connectivity index (χ3v) is 5.97. The second kappa shape index (κ2) is 11.3. The molecule has 11 heteroatoms. The highest BCUT2D eigenvalue weighted by atomic mass is 19.4. The zero-order chi connectivity index (χ0) is 26.5. The summed E-state index contributed by atoms with van der Waals surface area (Å²) in [4.78, 5) is 28.4. The predicted molar refractivity (Wildman–Crippen MR) is 127 cm³/mol. The Hall–Kier alpha value is -3.18. The van der Waals surface area contributed by atoms with E-state index in [0.717, 1.165) is 12.1 Å². The molecule has 1 heterocycles. The van der Waals surface area contributed by atoms with Gasteiger partial charge in [-0.1, -0.05) is 24.3 Å². The van der Waals surface area contributed by atoms with Gasteiger partial charge in [0.1, 0.15) is 6.67 Å². The largest absolute Gasteiger partial charge is 0.424 e. The first kappa shape index (κ1) is 27.4. The van der Waals surface area contributed by atoms with Crippen molar-refractivity contribution in [2.75, 3.05) is 38.2 Å². The molecule has 1 fully saturated rings. The first-order valence-corrected chi connectivity index (χ1v) is 11.6. The van der Waals surface area contributed by atoms with E-state index in [2.05, 4.69) is 15.5 Å². The minimum atomic E-state index is -5.12. The highest BCUT2D eigenvalue weighted by molar-refractivity contribution is 5.95. The van der Waals surface area contributed by atoms with Gasteiger partial charge in [0, 0.05) is 50.0 Å². The summed E-state index contributed by atoms with van der Waals surface area (Å²) >= 11 is 0. The van der Waals surface area contributed by atoms with E-state index in [4.69, 9.17) is 0 Å². The molecule has 7 nitrogen and oxygen atoms in total. The van der Waals surface area contributed by atoms with Gasteiger partial charge in [0.15, 0.2) is 0 Å². The van der Waals surface area contributed by atoms with Gasteiger partial charge in [-0.25, -0.2) is 9.18 Å². The number of hydrogen-bond acceptors (Lipinski definition) is 4. The van der Waals surface area contributed by atoms with Crippen molar-refractivity contribution in [2.45, 2.75) is 38.2 Å². The highest BCUT2D eigenvalue weighted by Gasteiger charge is 2.55. The molecule has 0 aromatic heterocycles. The summed E-state index contributed by atoms with van der Waals surface area (Å²) in [5.74, 6) is -0.130. The van der Waals surface area contributed by atoms with Crippen LogP contribution in [0.1, 0.15) is 35.3 Å². The monoisotopic (exact) mass is 510 g/mol. The molecule has 2 aromatic carbocycles. The third-order valence-electron chi connectivity index (χ3n) is 5.97. The SMILES string of the molecule is CC(C)NC(=O)Nc1ccc(C(=O)N2CCN(Cc3ccc(C(O)(CF)C(F)(F)F)cc3)CC2)cc1. The van der Waals surface area contributed by atoms with Crippen molar-refractivity contribution >= 4 is 17.6 Å². The summed E-state index contributed by atoms with van der Waals surface area (Å²) in [6.07, 6.45) is -5.12. The minimum absolute atomic E-state index is 0.000335. The van der Waals surface area contributed by atoms with Crippen LogP contribution in [0.25, 0.3) is 0 Å². The number of nitrogens with zero attached hydrogens (tertiary/aromatic N) is 2. The number of piperazine rings is 1. The fourth-order valence-electron chi connectivity index (χ4n) is 3.88. The van der Waals surface area contributed by atoms with E-state index in [9.17, 15) is 32.3 Å². The maximum atomic E-state index is 13.0. The fraction of sp³-hybridized carbons (Fsp3) is 0.440. The van der Waals surface area contributed by atoms with Crippen molar-refractivity contribution in [1.29, 1.82) is 0 Å². The number of amides is 3. The molecule has 0 bridgehead atoms. The van der Waals surface area contributed by atoms with Gasteiger partial charge < -0.3 is 20.6 Å². The van der Waals surface area contributed by atoms with E-state index in [1.54, 1.807) is 29.2 Å². The maximum Gasteiger partial charge on any atom is 0.424 e. The van der Waals surface area contributed by atoms with Crippen molar-refractivity contribution in [3.05, 3.63) is 65.2 Å². The third kappa shape index (κ3) is 6.52. The number of urea groups is 1. The number of halogens is 4. The van der Waals surface area contributed by atoms with Crippen LogP contribution >= 0.6 is 0 Å². The minimum Gasteiger partial charge on any atom is -0.374 e. The Morgan fingerprint density at radius 3 is 2.06 bits per heavy atom. The van der Waals surface area contributed by atoms with Crippen molar-refractivity contribution in [1.82, 2.24) is 15.1 Å². The zero-order valence-electron chi connectivity index (χ0n) is 20.1. The predicted octanol–water partition coefficient (Wildman–Crippen LogP) is 3.89. The van der Waals surface area contributed by atoms with Gasteiger partial charge in [0.05, 0.1) is 0 Å². The number of carbonyl (C=O) groups excluding carboxylic acids is 2. The van der Waals surface area contributed by atoms with E-state index >= 15 is 0 Å². The number of carbonyl (C=O) groups is 2. The molecule has 1 saturated heterocycles. The Labute approximate surface area is 207 Å². The van der Waals surface area contributed by atoms with Gasteiger partial charge in [-0.05, 0) is 49.2 Å². The molecule has 1 aliphatic rings. The molecule has 2 aromatic rings. The van der Waals surface area contributed by atoms with Gasteiger partial charge in [-0.3, -0.25) is 9.69 Å². The molecule has 3 amide bonds. The van der Waals surface area contributed by atoms with Crippen molar-refractivity contribution in [2.24, 2.45) is 0 Å². The molecule has 0 radical (unpaired) electrons. The topological polar surface area (TPSA) is 84.9 Å². The number of hydrogen-bond donors (Lipinski definition) is 3. The molecule has 36 heavy (non-hydrogen) atoms. The number of aliphatic hydroxyl groups is 1. The number of rotatable bonds is 7. The second-order valence-corrected chi connectivity index (χ2v) is 9.09. The van der Waals surface area contributed by atoms with Crippen molar-refractivity contribution < 1.29 is 32.3 Å². The average Bonchev–Trinajstić information content (AvgIpc) is 2.83. The van der Waals surface area contributed by atoms with Crippen LogP contribution in [-0.4, -0.2) is 71.9 Å². The Morgan fingerprint density at radius 1 is 0.972 bits per heavy atom. The molecular formula is C25H30F4N4O3. The van der Waals surface area contributed by atoms with Crippen LogP contribution in [0, 0.1) is 0 Å². The summed E-state index contributed by atoms with van der Waals surface area (Å²) in [5.41, 5.74) is -2.28. The molecule has 0 spiro atoms. The van der Waals surface area contributed by atoms with E-state index in [1.807, 2.05) is 13.8 Å². The van der Waals surface area contributed by atoms with Crippen LogP contribution in [0.15, 0.2) is 48.5 Å². The lowest BCUT2D eigenvalue weighted by Crippen LogP contribution is -2.48. The lowest BCUT2D eigenvalue weighted by atomic mass is 9.93. The molecule has 3 N–H and O–H groups in total. The standard InChI is InChI=1S/C25H30F4N4O3/c1-17(2)30-23(35)31-21-9-5-19(6-10-21)22(34)33-13-11-32(12-14-33)15-18-3-7-20(8-4-18)24(36,16-26)25(27,28)29/h3-10,17,36H,11-16H2,1-2H3,(H2,30,31,35). The summed E-state index contributed by atoms with van der Waals surface area (Å²) in [7, 11) is 0. The Balaban J connectivity index is 1.52. The molecule has 0 aliphatic carbocycles. The highest BCUT2D eigenvalue weighted by Crippen LogP contribution is 2.39. The molecular weight excluding hydrogens is 480 g/mol. The normalized spacial score (nSPS) is 16.5. The molecule has 0 saturated carbocycles. The van der Waals surface area contributed by atoms with Crippen molar-refractivity contribution in [3.63, 3.8) is 0 Å². The van der Waals surface area contributed by atoms with Gasteiger partial charge >= 0.3 is 12.2 Å². The van der Waals surface area contributed by atoms with Gasteiger partial charge in [-0.15, -0.1) is 0 Å². The summed E-state index contributed by atoms with van der Waals surface area (Å²) in [6, 6.07) is 11.4. The lowest BCUT2D eigenvalue weighted by Gasteiger charge is -2.35. The van der Waals surface area contributed by atoms with Crippen LogP contribution in [0.5, 0.6) is 0 Å². The van der Waals surface area contributed by atoms with E-state index in [1.165, 1.54) is 12.1 Å². The molecule has 1 atom stereocenters. The lowest BCUT2D eigenvalue weighted by molar-refractivity contribution is -0.271. The Bertz CT molecular complexity index is 1040. The average molecular weight is 511 g/mol. The molecule has 1 aliphatic heterocycles. The Kier molecular flexibility index (Phi) is 8.57. The van der Waals surface area contributed by atoms with E-state index in [0.29, 0.717) is 49.5 Å². The smallest absolute Gasteiger partial charge is 0.374 e. The van der Waals surface area contributed by atoms with Crippen LogP contribution in [0.4, 0.5) is 28.0 Å². The first-order valence-electron chi connectivity index (χ1n) is 11.6. The van der Waals surface area contributed by atoms with E-state index in [-0.39, 0.29) is 18.0 Å². The van der Waals surface area contributed by atoms with Gasteiger partial charge in [0.25, 0.3) is 5.91 Å². The maximum absolute atomic E-state index is 13.0. The summed E-state index contributed by atoms with van der Waals surface area (Å²) in [5, 5.41) is 15.1. The first-order chi connectivity index (χ1) is 16.9. The quantitative estimate of drug-likeness (QED) is 0.494. The van der Waals surface area contributed by atoms with Crippen LogP contribution in [-0.2, 0) is 12.1 Å². The van der Waals surface area contributed by atoms with Gasteiger partial charge in [0.2, 0.25) is 5.60 Å². The fourth-order valence-corrected chi connectivity index (χ4v) is 3.88. The van der Waals surface area contributed by atoms with Crippen LogP contribution in [0.2, 0.25) is 0 Å². The number of nitrogens with one attached hydrogen (secondary N) is 2. The summed E-state index contributed by atoms with van der Waals surface area (Å²) in [6.45, 7) is 4.28. The second-order valence-electron chi connectivity index (χ2n) is 9.09. The number of anilines is 1. The van der Waals surface area contributed by atoms with E-state index < -0.39 is 24.0 Å². The molecule has 196 valence electrons. The molecule has 3 rings (SSSR count). The zero-order valence-corrected chi connectivity index (χ0v) is 20.1. The Morgan fingerprint density at radius 2 is 1.56 bits per heavy atom. The molecule has 1 unspecified atom stereocenters.